The highest BCUT2D eigenvalue weighted by molar-refractivity contribution is 5.93. The number of benzene rings is 4. The van der Waals surface area contributed by atoms with E-state index in [2.05, 4.69) is 32.3 Å². The number of anilines is 2. The van der Waals surface area contributed by atoms with E-state index in [0.29, 0.717) is 62.3 Å². The lowest BCUT2D eigenvalue weighted by atomic mass is 10.1. The Morgan fingerprint density at radius 3 is 2.40 bits per heavy atom. The fourth-order valence-electron chi connectivity index (χ4n) is 5.15. The van der Waals surface area contributed by atoms with Crippen LogP contribution in [0.1, 0.15) is 0 Å². The molecule has 10 heteroatoms. The molecule has 0 radical (unpaired) electrons. The SMILES string of the molecule is COCCOc1cc2ncnc(N3CCN(C(=O)Nc4ccc(Oc5cccc6ccccc56)cc4)CC3)c2cc1OC. The maximum atomic E-state index is 13.1. The molecule has 2 amide bonds. The molecule has 43 heavy (non-hydrogen) atoms. The van der Waals surface area contributed by atoms with Crippen molar-refractivity contribution in [1.29, 1.82) is 0 Å². The zero-order chi connectivity index (χ0) is 29.6. The Kier molecular flexibility index (Phi) is 8.37. The van der Waals surface area contributed by atoms with Crippen molar-refractivity contribution in [2.45, 2.75) is 0 Å². The Bertz CT molecular complexity index is 1720. The van der Waals surface area contributed by atoms with Crippen molar-refractivity contribution in [3.8, 4) is 23.0 Å². The van der Waals surface area contributed by atoms with E-state index in [1.165, 1.54) is 0 Å². The molecule has 5 aromatic rings. The number of amides is 2. The molecule has 4 aromatic carbocycles. The van der Waals surface area contributed by atoms with Gasteiger partial charge in [-0.2, -0.15) is 0 Å². The van der Waals surface area contributed by atoms with Crippen molar-refractivity contribution in [3.63, 3.8) is 0 Å². The summed E-state index contributed by atoms with van der Waals surface area (Å²) in [6.45, 7) is 3.24. The van der Waals surface area contributed by atoms with E-state index in [1.54, 1.807) is 20.5 Å². The van der Waals surface area contributed by atoms with Crippen LogP contribution in [-0.4, -0.2) is 74.5 Å². The molecule has 0 saturated carbocycles. The van der Waals surface area contributed by atoms with E-state index in [1.807, 2.05) is 71.6 Å². The van der Waals surface area contributed by atoms with Crippen LogP contribution >= 0.6 is 0 Å². The van der Waals surface area contributed by atoms with E-state index in [0.717, 1.165) is 33.2 Å². The smallest absolute Gasteiger partial charge is 0.321 e. The second-order valence-electron chi connectivity index (χ2n) is 10.1. The van der Waals surface area contributed by atoms with Crippen molar-refractivity contribution in [3.05, 3.63) is 85.2 Å². The molecule has 10 nitrogen and oxygen atoms in total. The van der Waals surface area contributed by atoms with Gasteiger partial charge in [0.2, 0.25) is 0 Å². The molecule has 1 aliphatic rings. The largest absolute Gasteiger partial charge is 0.493 e. The molecule has 1 saturated heterocycles. The van der Waals surface area contributed by atoms with Gasteiger partial charge in [-0.1, -0.05) is 36.4 Å². The third kappa shape index (κ3) is 6.24. The molecule has 0 aliphatic carbocycles. The average Bonchev–Trinajstić information content (AvgIpc) is 3.05. The Labute approximate surface area is 249 Å². The van der Waals surface area contributed by atoms with Gasteiger partial charge >= 0.3 is 6.03 Å². The van der Waals surface area contributed by atoms with Gasteiger partial charge in [-0.15, -0.1) is 0 Å². The third-order valence-electron chi connectivity index (χ3n) is 7.39. The van der Waals surface area contributed by atoms with Gasteiger partial charge in [0, 0.05) is 55.8 Å². The number of nitrogens with one attached hydrogen (secondary N) is 1. The lowest BCUT2D eigenvalue weighted by Crippen LogP contribution is -2.50. The molecule has 1 aromatic heterocycles. The van der Waals surface area contributed by atoms with Crippen LogP contribution in [0.4, 0.5) is 16.3 Å². The van der Waals surface area contributed by atoms with Crippen molar-refractivity contribution in [1.82, 2.24) is 14.9 Å². The predicted molar refractivity (Wildman–Crippen MR) is 167 cm³/mol. The van der Waals surface area contributed by atoms with Crippen LogP contribution in [0, 0.1) is 0 Å². The van der Waals surface area contributed by atoms with Gasteiger partial charge in [0.25, 0.3) is 0 Å². The molecule has 220 valence electrons. The number of rotatable bonds is 9. The fraction of sp³-hybridized carbons (Fsp3) is 0.242. The van der Waals surface area contributed by atoms with Gasteiger partial charge in [-0.25, -0.2) is 14.8 Å². The fourth-order valence-corrected chi connectivity index (χ4v) is 5.15. The number of aromatic nitrogens is 2. The molecule has 2 heterocycles. The first-order valence-corrected chi connectivity index (χ1v) is 14.1. The highest BCUT2D eigenvalue weighted by Crippen LogP contribution is 2.35. The average molecular weight is 580 g/mol. The van der Waals surface area contributed by atoms with Gasteiger partial charge in [0.05, 0.1) is 19.2 Å². The highest BCUT2D eigenvalue weighted by Gasteiger charge is 2.24. The van der Waals surface area contributed by atoms with Crippen LogP contribution in [0.3, 0.4) is 0 Å². The number of methoxy groups -OCH3 is 2. The van der Waals surface area contributed by atoms with Gasteiger partial charge in [-0.05, 0) is 41.8 Å². The van der Waals surface area contributed by atoms with Gasteiger partial charge < -0.3 is 34.1 Å². The van der Waals surface area contributed by atoms with Crippen LogP contribution in [0.5, 0.6) is 23.0 Å². The minimum Gasteiger partial charge on any atom is -0.493 e. The molecule has 0 atom stereocenters. The summed E-state index contributed by atoms with van der Waals surface area (Å²) in [5.41, 5.74) is 1.46. The topological polar surface area (TPSA) is 98.3 Å². The maximum Gasteiger partial charge on any atom is 0.321 e. The van der Waals surface area contributed by atoms with E-state index in [4.69, 9.17) is 18.9 Å². The molecule has 1 aliphatic heterocycles. The summed E-state index contributed by atoms with van der Waals surface area (Å²) in [6.07, 6.45) is 1.55. The zero-order valence-corrected chi connectivity index (χ0v) is 24.2. The summed E-state index contributed by atoms with van der Waals surface area (Å²) in [7, 11) is 3.24. The van der Waals surface area contributed by atoms with Crippen molar-refractivity contribution in [2.24, 2.45) is 0 Å². The Morgan fingerprint density at radius 1 is 0.814 bits per heavy atom. The van der Waals surface area contributed by atoms with Gasteiger partial charge in [-0.3, -0.25) is 0 Å². The summed E-state index contributed by atoms with van der Waals surface area (Å²) in [4.78, 5) is 26.1. The number of carbonyl (C=O) groups excluding carboxylic acids is 1. The number of hydrogen-bond donors (Lipinski definition) is 1. The molecule has 0 unspecified atom stereocenters. The Balaban J connectivity index is 1.07. The van der Waals surface area contributed by atoms with Crippen molar-refractivity contribution in [2.75, 3.05) is 63.8 Å². The molecule has 6 rings (SSSR count). The zero-order valence-electron chi connectivity index (χ0n) is 24.2. The minimum absolute atomic E-state index is 0.144. The molecule has 0 bridgehead atoms. The third-order valence-corrected chi connectivity index (χ3v) is 7.39. The molecule has 0 spiro atoms. The van der Waals surface area contributed by atoms with E-state index >= 15 is 0 Å². The second kappa shape index (κ2) is 12.8. The number of fused-ring (bicyclic) bond motifs is 2. The van der Waals surface area contributed by atoms with Crippen LogP contribution in [0.2, 0.25) is 0 Å². The summed E-state index contributed by atoms with van der Waals surface area (Å²) >= 11 is 0. The Morgan fingerprint density at radius 2 is 1.60 bits per heavy atom. The van der Waals surface area contributed by atoms with Gasteiger partial charge in [0.15, 0.2) is 11.5 Å². The number of urea groups is 1. The summed E-state index contributed by atoms with van der Waals surface area (Å²) in [6, 6.07) is 25.1. The molecule has 1 N–H and O–H groups in total. The minimum atomic E-state index is -0.144. The number of carbonyl (C=O) groups is 1. The summed E-state index contributed by atoms with van der Waals surface area (Å²) in [5, 5.41) is 6.04. The predicted octanol–water partition coefficient (Wildman–Crippen LogP) is 5.96. The van der Waals surface area contributed by atoms with E-state index in [-0.39, 0.29) is 6.03 Å². The lowest BCUT2D eigenvalue weighted by Gasteiger charge is -2.35. The standard InChI is InChI=1S/C33H33N5O5/c1-40-18-19-42-31-21-28-27(20-30(31)41-2)32(35-22-34-28)37-14-16-38(17-15-37)33(39)36-24-10-12-25(13-11-24)43-29-9-5-7-23-6-3-4-8-26(23)29/h3-13,20-22H,14-19H2,1-2H3,(H,36,39). The first-order chi connectivity index (χ1) is 21.1. The maximum absolute atomic E-state index is 13.1. The first-order valence-electron chi connectivity index (χ1n) is 14.1. The summed E-state index contributed by atoms with van der Waals surface area (Å²) in [5.74, 6) is 3.50. The molecular formula is C33H33N5O5. The van der Waals surface area contributed by atoms with Crippen molar-refractivity contribution < 1.29 is 23.7 Å². The molecular weight excluding hydrogens is 546 g/mol. The number of piperazine rings is 1. The second-order valence-corrected chi connectivity index (χ2v) is 10.1. The number of nitrogens with zero attached hydrogens (tertiary/aromatic N) is 4. The van der Waals surface area contributed by atoms with E-state index in [9.17, 15) is 4.79 Å². The van der Waals surface area contributed by atoms with E-state index < -0.39 is 0 Å². The lowest BCUT2D eigenvalue weighted by molar-refractivity contribution is 0.144. The summed E-state index contributed by atoms with van der Waals surface area (Å²) < 4.78 is 22.6. The number of hydrogen-bond acceptors (Lipinski definition) is 8. The normalized spacial score (nSPS) is 13.3. The van der Waals surface area contributed by atoms with Gasteiger partial charge in [0.1, 0.15) is 30.3 Å². The number of ether oxygens (including phenoxy) is 4. The monoisotopic (exact) mass is 579 g/mol. The highest BCUT2D eigenvalue weighted by atomic mass is 16.5. The molecule has 1 fully saturated rings. The quantitative estimate of drug-likeness (QED) is 0.214. The Hall–Kier alpha value is -5.09. The van der Waals surface area contributed by atoms with Crippen LogP contribution in [0.25, 0.3) is 21.7 Å². The van der Waals surface area contributed by atoms with Crippen molar-refractivity contribution >= 4 is 39.2 Å². The van der Waals surface area contributed by atoms with Crippen LogP contribution in [-0.2, 0) is 4.74 Å². The first kappa shape index (κ1) is 28.0. The van der Waals surface area contributed by atoms with Crippen LogP contribution < -0.4 is 24.4 Å². The van der Waals surface area contributed by atoms with Crippen LogP contribution in [0.15, 0.2) is 85.2 Å².